The summed E-state index contributed by atoms with van der Waals surface area (Å²) in [6.45, 7) is 7.88. The second-order valence-corrected chi connectivity index (χ2v) is 4.70. The van der Waals surface area contributed by atoms with Gasteiger partial charge in [0.05, 0.1) is 13.2 Å². The summed E-state index contributed by atoms with van der Waals surface area (Å²) in [5.74, 6) is 1.53. The molecule has 1 N–H and O–H groups in total. The van der Waals surface area contributed by atoms with Gasteiger partial charge in [0.15, 0.2) is 5.82 Å². The van der Waals surface area contributed by atoms with Crippen LogP contribution in [0.2, 0.25) is 0 Å². The average molecular weight is 254 g/mol. The molecule has 0 spiro atoms. The van der Waals surface area contributed by atoms with E-state index in [1.54, 1.807) is 0 Å². The lowest BCUT2D eigenvalue weighted by Crippen LogP contribution is -2.46. The summed E-state index contributed by atoms with van der Waals surface area (Å²) < 4.78 is 5.18. The Bertz CT molecular complexity index is 348. The van der Waals surface area contributed by atoms with Gasteiger partial charge in [-0.2, -0.15) is 4.98 Å². The fraction of sp³-hybridized carbons (Fsp3) is 0.833. The Morgan fingerprint density at radius 2 is 1.94 bits per heavy atom. The minimum atomic E-state index is 0.241. The van der Waals surface area contributed by atoms with Crippen molar-refractivity contribution < 1.29 is 9.63 Å². The minimum absolute atomic E-state index is 0.241. The van der Waals surface area contributed by atoms with Gasteiger partial charge in [-0.05, 0) is 6.42 Å². The Morgan fingerprint density at radius 3 is 2.61 bits per heavy atom. The highest BCUT2D eigenvalue weighted by Gasteiger charge is 2.18. The molecule has 2 heterocycles. The van der Waals surface area contributed by atoms with E-state index in [1.165, 1.54) is 0 Å². The first kappa shape index (κ1) is 13.5. The molecule has 0 bridgehead atoms. The zero-order valence-corrected chi connectivity index (χ0v) is 11.0. The molecule has 1 aromatic heterocycles. The van der Waals surface area contributed by atoms with E-state index in [-0.39, 0.29) is 6.61 Å². The summed E-state index contributed by atoms with van der Waals surface area (Å²) in [7, 11) is 0. The summed E-state index contributed by atoms with van der Waals surface area (Å²) in [4.78, 5) is 8.98. The van der Waals surface area contributed by atoms with Gasteiger partial charge in [-0.1, -0.05) is 12.1 Å². The van der Waals surface area contributed by atoms with E-state index in [0.717, 1.165) is 63.8 Å². The lowest BCUT2D eigenvalue weighted by Gasteiger charge is -2.33. The number of hydrogen-bond donors (Lipinski definition) is 1. The number of nitrogens with zero attached hydrogens (tertiary/aromatic N) is 4. The topological polar surface area (TPSA) is 65.6 Å². The van der Waals surface area contributed by atoms with Crippen molar-refractivity contribution in [2.75, 3.05) is 39.3 Å². The molecule has 1 saturated heterocycles. The predicted molar refractivity (Wildman–Crippen MR) is 67.1 cm³/mol. The zero-order valence-electron chi connectivity index (χ0n) is 11.0. The van der Waals surface area contributed by atoms with E-state index < -0.39 is 0 Å². The Labute approximate surface area is 108 Å². The zero-order chi connectivity index (χ0) is 12.8. The van der Waals surface area contributed by atoms with Crippen molar-refractivity contribution in [2.24, 2.45) is 0 Å². The van der Waals surface area contributed by atoms with Crippen molar-refractivity contribution in [3.8, 4) is 0 Å². The molecule has 2 rings (SSSR count). The minimum Gasteiger partial charge on any atom is -0.395 e. The number of aliphatic hydroxyl groups excluding tert-OH is 1. The van der Waals surface area contributed by atoms with Crippen LogP contribution < -0.4 is 0 Å². The molecule has 1 aliphatic rings. The van der Waals surface area contributed by atoms with Crippen LogP contribution in [0.4, 0.5) is 0 Å². The molecule has 0 aromatic carbocycles. The highest BCUT2D eigenvalue weighted by molar-refractivity contribution is 4.87. The molecule has 1 fully saturated rings. The SMILES string of the molecule is CCCc1nc(CN2CCN(CCO)CC2)no1. The van der Waals surface area contributed by atoms with Crippen molar-refractivity contribution in [1.29, 1.82) is 0 Å². The summed E-state index contributed by atoms with van der Waals surface area (Å²) in [6, 6.07) is 0. The third kappa shape index (κ3) is 3.76. The molecule has 102 valence electrons. The Morgan fingerprint density at radius 1 is 1.22 bits per heavy atom. The van der Waals surface area contributed by atoms with Crippen LogP contribution in [0.1, 0.15) is 25.1 Å². The maximum absolute atomic E-state index is 8.89. The smallest absolute Gasteiger partial charge is 0.226 e. The number of β-amino-alcohol motifs (C(OH)–C–C–N with tert-alkyl or cyclic N) is 1. The van der Waals surface area contributed by atoms with Crippen molar-refractivity contribution in [2.45, 2.75) is 26.3 Å². The molecule has 6 heteroatoms. The molecular formula is C12H22N4O2. The predicted octanol–water partition coefficient (Wildman–Crippen LogP) is 0.132. The number of hydrogen-bond acceptors (Lipinski definition) is 6. The van der Waals surface area contributed by atoms with Gasteiger partial charge in [0.2, 0.25) is 5.89 Å². The molecule has 1 aromatic rings. The third-order valence-corrected chi connectivity index (χ3v) is 3.22. The summed E-state index contributed by atoms with van der Waals surface area (Å²) in [5.41, 5.74) is 0. The van der Waals surface area contributed by atoms with E-state index in [1.807, 2.05) is 0 Å². The maximum atomic E-state index is 8.89. The first-order chi connectivity index (χ1) is 8.81. The van der Waals surface area contributed by atoms with Gasteiger partial charge in [0.25, 0.3) is 0 Å². The van der Waals surface area contributed by atoms with E-state index >= 15 is 0 Å². The highest BCUT2D eigenvalue weighted by Crippen LogP contribution is 2.07. The molecule has 6 nitrogen and oxygen atoms in total. The lowest BCUT2D eigenvalue weighted by atomic mass is 10.3. The summed E-state index contributed by atoms with van der Waals surface area (Å²) in [6.07, 6.45) is 1.89. The van der Waals surface area contributed by atoms with Crippen LogP contribution in [0.5, 0.6) is 0 Å². The van der Waals surface area contributed by atoms with Crippen molar-refractivity contribution in [3.05, 3.63) is 11.7 Å². The van der Waals surface area contributed by atoms with Gasteiger partial charge in [-0.15, -0.1) is 0 Å². The lowest BCUT2D eigenvalue weighted by molar-refractivity contribution is 0.106. The number of aromatic nitrogens is 2. The van der Waals surface area contributed by atoms with E-state index in [4.69, 9.17) is 9.63 Å². The van der Waals surface area contributed by atoms with Crippen LogP contribution in [-0.4, -0.2) is 64.4 Å². The monoisotopic (exact) mass is 254 g/mol. The van der Waals surface area contributed by atoms with Crippen LogP contribution in [0, 0.1) is 0 Å². The highest BCUT2D eigenvalue weighted by atomic mass is 16.5. The van der Waals surface area contributed by atoms with Gasteiger partial charge in [-0.25, -0.2) is 0 Å². The van der Waals surface area contributed by atoms with Crippen molar-refractivity contribution in [3.63, 3.8) is 0 Å². The first-order valence-corrected chi connectivity index (χ1v) is 6.69. The van der Waals surface area contributed by atoms with Crippen molar-refractivity contribution in [1.82, 2.24) is 19.9 Å². The van der Waals surface area contributed by atoms with Crippen molar-refractivity contribution >= 4 is 0 Å². The summed E-state index contributed by atoms with van der Waals surface area (Å²) >= 11 is 0. The molecule has 0 unspecified atom stereocenters. The summed E-state index contributed by atoms with van der Waals surface area (Å²) in [5, 5.41) is 12.9. The van der Waals surface area contributed by atoms with Gasteiger partial charge in [0.1, 0.15) is 0 Å². The molecule has 0 radical (unpaired) electrons. The molecule has 1 aliphatic heterocycles. The third-order valence-electron chi connectivity index (χ3n) is 3.22. The van der Waals surface area contributed by atoms with Gasteiger partial charge in [0, 0.05) is 39.1 Å². The van der Waals surface area contributed by atoms with Gasteiger partial charge in [-0.3, -0.25) is 9.80 Å². The van der Waals surface area contributed by atoms with Crippen LogP contribution >= 0.6 is 0 Å². The Balaban J connectivity index is 1.76. The van der Waals surface area contributed by atoms with Gasteiger partial charge < -0.3 is 9.63 Å². The molecule has 18 heavy (non-hydrogen) atoms. The Hall–Kier alpha value is -0.980. The average Bonchev–Trinajstić information content (AvgIpc) is 2.80. The van der Waals surface area contributed by atoms with E-state index in [0.29, 0.717) is 0 Å². The largest absolute Gasteiger partial charge is 0.395 e. The molecular weight excluding hydrogens is 232 g/mol. The van der Waals surface area contributed by atoms with Gasteiger partial charge >= 0.3 is 0 Å². The maximum Gasteiger partial charge on any atom is 0.226 e. The van der Waals surface area contributed by atoms with Crippen LogP contribution in [0.25, 0.3) is 0 Å². The normalized spacial score (nSPS) is 18.3. The fourth-order valence-electron chi connectivity index (χ4n) is 2.18. The number of piperazine rings is 1. The second-order valence-electron chi connectivity index (χ2n) is 4.70. The van der Waals surface area contributed by atoms with Crippen LogP contribution in [0.3, 0.4) is 0 Å². The number of rotatable bonds is 6. The van der Waals surface area contributed by atoms with Crippen LogP contribution in [0.15, 0.2) is 4.52 Å². The van der Waals surface area contributed by atoms with E-state index in [2.05, 4.69) is 26.9 Å². The number of aryl methyl sites for hydroxylation is 1. The first-order valence-electron chi connectivity index (χ1n) is 6.69. The molecule has 0 atom stereocenters. The molecule has 0 saturated carbocycles. The van der Waals surface area contributed by atoms with E-state index in [9.17, 15) is 0 Å². The molecule has 0 amide bonds. The standard InChI is InChI=1S/C12H22N4O2/c1-2-3-12-13-11(14-18-12)10-16-6-4-15(5-7-16)8-9-17/h17H,2-10H2,1H3. The quantitative estimate of drug-likeness (QED) is 0.778. The Kier molecular flexibility index (Phi) is 5.10. The number of aliphatic hydroxyl groups is 1. The molecule has 0 aliphatic carbocycles. The fourth-order valence-corrected chi connectivity index (χ4v) is 2.18. The van der Waals surface area contributed by atoms with Crippen LogP contribution in [-0.2, 0) is 13.0 Å². The second kappa shape index (κ2) is 6.82.